The average Bonchev–Trinajstić information content (AvgIpc) is 2.94. The fourth-order valence-electron chi connectivity index (χ4n) is 3.93. The molecule has 3 aromatic rings. The zero-order valence-electron chi connectivity index (χ0n) is 25.9. The summed E-state index contributed by atoms with van der Waals surface area (Å²) in [7, 11) is 0. The summed E-state index contributed by atoms with van der Waals surface area (Å²) in [6.45, 7) is 10.3. The van der Waals surface area contributed by atoms with Gasteiger partial charge in [0.15, 0.2) is 0 Å². The zero-order chi connectivity index (χ0) is 32.3. The molecule has 0 aliphatic carbocycles. The Morgan fingerprint density at radius 2 is 1.07 bits per heavy atom. The Balaban J connectivity index is 1.98. The van der Waals surface area contributed by atoms with Crippen LogP contribution in [0, 0.1) is 0 Å². The number of benzene rings is 2. The lowest BCUT2D eigenvalue weighted by Crippen LogP contribution is -2.39. The second-order valence-corrected chi connectivity index (χ2v) is 12.0. The molecule has 1 amide bonds. The second kappa shape index (κ2) is 15.1. The summed E-state index contributed by atoms with van der Waals surface area (Å²) in [5.74, 6) is -1.89. The van der Waals surface area contributed by atoms with Gasteiger partial charge in [0.1, 0.15) is 23.3 Å². The quantitative estimate of drug-likeness (QED) is 0.109. The predicted molar refractivity (Wildman–Crippen MR) is 165 cm³/mol. The van der Waals surface area contributed by atoms with Crippen molar-refractivity contribution in [3.05, 3.63) is 71.8 Å². The van der Waals surface area contributed by atoms with Gasteiger partial charge in [0, 0.05) is 12.8 Å². The zero-order valence-corrected chi connectivity index (χ0v) is 25.9. The summed E-state index contributed by atoms with van der Waals surface area (Å²) in [5, 5.41) is 17.7. The predicted octanol–water partition coefficient (Wildman–Crippen LogP) is 3.52. The maximum atomic E-state index is 13.3. The van der Waals surface area contributed by atoms with Crippen LogP contribution in [0.15, 0.2) is 60.7 Å². The maximum Gasteiger partial charge on any atom is 0.329 e. The molecule has 0 bridgehead atoms. The summed E-state index contributed by atoms with van der Waals surface area (Å²) in [6, 6.07) is 17.0. The van der Waals surface area contributed by atoms with E-state index in [0.29, 0.717) is 0 Å². The highest BCUT2D eigenvalue weighted by Crippen LogP contribution is 2.19. The molecule has 1 aromatic heterocycles. The van der Waals surface area contributed by atoms with E-state index in [0.717, 1.165) is 11.1 Å². The highest BCUT2D eigenvalue weighted by atomic mass is 16.6. The summed E-state index contributed by atoms with van der Waals surface area (Å²) in [4.78, 5) is 51.3. The molecule has 0 saturated heterocycles. The van der Waals surface area contributed by atoms with E-state index in [9.17, 15) is 14.4 Å². The average molecular weight is 608 g/mol. The third-order valence-electron chi connectivity index (χ3n) is 5.72. The Hall–Kier alpha value is -4.78. The van der Waals surface area contributed by atoms with Gasteiger partial charge >= 0.3 is 11.9 Å². The van der Waals surface area contributed by atoms with E-state index >= 15 is 0 Å². The first kappa shape index (κ1) is 33.7. The third-order valence-corrected chi connectivity index (χ3v) is 5.72. The summed E-state index contributed by atoms with van der Waals surface area (Å²) in [5.41, 5.74) is 1.77. The lowest BCUT2D eigenvalue weighted by atomic mass is 10.1. The van der Waals surface area contributed by atoms with Crippen LogP contribution in [0.2, 0.25) is 0 Å². The first-order valence-corrected chi connectivity index (χ1v) is 14.2. The van der Waals surface area contributed by atoms with Gasteiger partial charge in [0.25, 0.3) is 5.91 Å². The van der Waals surface area contributed by atoms with E-state index < -0.39 is 41.1 Å². The fraction of sp³-hybridized carbons (Fsp3) is 0.419. The van der Waals surface area contributed by atoms with Gasteiger partial charge in [-0.25, -0.2) is 15.1 Å². The summed E-state index contributed by atoms with van der Waals surface area (Å²) in [6.07, 6.45) is 0.517. The van der Waals surface area contributed by atoms with E-state index in [-0.39, 0.29) is 37.2 Å². The normalized spacial score (nSPS) is 12.8. The number of hydroxylamine groups is 1. The summed E-state index contributed by atoms with van der Waals surface area (Å²) < 4.78 is 11.3. The molecule has 44 heavy (non-hydrogen) atoms. The van der Waals surface area contributed by atoms with Gasteiger partial charge in [-0.2, -0.15) is 15.0 Å². The number of hydrogen-bond donors (Lipinski definition) is 5. The molecule has 2 atom stereocenters. The molecule has 0 aliphatic rings. The van der Waals surface area contributed by atoms with Crippen LogP contribution in [0.4, 0.5) is 17.8 Å². The number of esters is 2. The van der Waals surface area contributed by atoms with Crippen molar-refractivity contribution >= 4 is 35.7 Å². The van der Waals surface area contributed by atoms with Crippen LogP contribution in [0.1, 0.15) is 52.7 Å². The number of carbonyl (C=O) groups excluding carboxylic acids is 3. The van der Waals surface area contributed by atoms with Crippen molar-refractivity contribution in [1.29, 1.82) is 0 Å². The molecule has 0 aliphatic heterocycles. The monoisotopic (exact) mass is 607 g/mol. The van der Waals surface area contributed by atoms with E-state index in [1.165, 1.54) is 5.48 Å². The van der Waals surface area contributed by atoms with Gasteiger partial charge in [-0.05, 0) is 52.7 Å². The Morgan fingerprint density at radius 3 is 1.43 bits per heavy atom. The van der Waals surface area contributed by atoms with Gasteiger partial charge in [-0.3, -0.25) is 10.0 Å². The Kier molecular flexibility index (Phi) is 11.6. The summed E-state index contributed by atoms with van der Waals surface area (Å²) >= 11 is 0. The van der Waals surface area contributed by atoms with Gasteiger partial charge in [0.05, 0.1) is 6.54 Å². The van der Waals surface area contributed by atoms with Crippen LogP contribution >= 0.6 is 0 Å². The lowest BCUT2D eigenvalue weighted by Gasteiger charge is -2.26. The molecular formula is C31H41N7O6. The minimum atomic E-state index is -0.897. The van der Waals surface area contributed by atoms with Crippen molar-refractivity contribution in [1.82, 2.24) is 20.4 Å². The van der Waals surface area contributed by atoms with Crippen molar-refractivity contribution in [3.8, 4) is 0 Å². The standard InChI is InChI=1S/C31H41N7O6/c1-30(2,3)43-25(40)22(17-20-13-9-7-10-14-20)33-28-35-27(32-19-24(39)38-42)36-29(37-28)34-23(26(41)44-31(4,5)6)18-21-15-11-8-12-16-21/h7-16,22-23,42H,17-19H2,1-6H3,(H,38,39)(H3,32,33,34,35,36,37)/t22-,23-/m0/s1. The van der Waals surface area contributed by atoms with Crippen molar-refractivity contribution in [2.24, 2.45) is 0 Å². The molecule has 1 heterocycles. The molecule has 236 valence electrons. The number of nitrogens with one attached hydrogen (secondary N) is 4. The van der Waals surface area contributed by atoms with Gasteiger partial charge in [-0.1, -0.05) is 60.7 Å². The van der Waals surface area contributed by atoms with E-state index in [1.54, 1.807) is 41.5 Å². The minimum absolute atomic E-state index is 0.0242. The highest BCUT2D eigenvalue weighted by molar-refractivity contribution is 5.81. The van der Waals surface area contributed by atoms with Crippen molar-refractivity contribution in [3.63, 3.8) is 0 Å². The number of rotatable bonds is 13. The van der Waals surface area contributed by atoms with E-state index in [4.69, 9.17) is 14.7 Å². The Labute approximate surface area is 257 Å². The lowest BCUT2D eigenvalue weighted by molar-refractivity contribution is -0.156. The van der Waals surface area contributed by atoms with Crippen LogP contribution in [0.3, 0.4) is 0 Å². The van der Waals surface area contributed by atoms with Gasteiger partial charge in [0.2, 0.25) is 17.8 Å². The largest absolute Gasteiger partial charge is 0.458 e. The van der Waals surface area contributed by atoms with Gasteiger partial charge < -0.3 is 25.4 Å². The first-order valence-electron chi connectivity index (χ1n) is 14.2. The molecule has 5 N–H and O–H groups in total. The van der Waals surface area contributed by atoms with Crippen molar-refractivity contribution in [2.75, 3.05) is 22.5 Å². The number of hydrogen-bond acceptors (Lipinski definition) is 12. The number of anilines is 3. The number of aromatic nitrogens is 3. The van der Waals surface area contributed by atoms with Crippen LogP contribution in [0.5, 0.6) is 0 Å². The minimum Gasteiger partial charge on any atom is -0.458 e. The molecule has 13 heteroatoms. The molecule has 0 fully saturated rings. The smallest absolute Gasteiger partial charge is 0.329 e. The van der Waals surface area contributed by atoms with Crippen LogP contribution < -0.4 is 21.4 Å². The van der Waals surface area contributed by atoms with Crippen molar-refractivity contribution < 1.29 is 29.1 Å². The Bertz CT molecular complexity index is 1300. The molecule has 13 nitrogen and oxygen atoms in total. The molecule has 0 spiro atoms. The van der Waals surface area contributed by atoms with E-state index in [2.05, 4.69) is 30.9 Å². The van der Waals surface area contributed by atoms with E-state index in [1.807, 2.05) is 60.7 Å². The van der Waals surface area contributed by atoms with Crippen LogP contribution in [-0.4, -0.2) is 67.8 Å². The maximum absolute atomic E-state index is 13.3. The molecule has 0 radical (unpaired) electrons. The second-order valence-electron chi connectivity index (χ2n) is 12.0. The Morgan fingerprint density at radius 1 is 0.682 bits per heavy atom. The third kappa shape index (κ3) is 11.8. The molecule has 3 rings (SSSR count). The van der Waals surface area contributed by atoms with Crippen molar-refractivity contribution in [2.45, 2.75) is 77.7 Å². The number of carbonyl (C=O) groups is 3. The van der Waals surface area contributed by atoms with Crippen LogP contribution in [-0.2, 0) is 36.7 Å². The number of nitrogens with zero attached hydrogens (tertiary/aromatic N) is 3. The number of amides is 1. The first-order chi connectivity index (χ1) is 20.7. The highest BCUT2D eigenvalue weighted by Gasteiger charge is 2.29. The SMILES string of the molecule is CC(C)(C)OC(=O)[C@H](Cc1ccccc1)Nc1nc(NCC(=O)NO)nc(N[C@@H](Cc2ccccc2)C(=O)OC(C)(C)C)n1. The topological polar surface area (TPSA) is 177 Å². The molecule has 0 unspecified atom stereocenters. The van der Waals surface area contributed by atoms with Crippen LogP contribution in [0.25, 0.3) is 0 Å². The molecule has 0 saturated carbocycles. The fourth-order valence-corrected chi connectivity index (χ4v) is 3.93. The molecule has 2 aromatic carbocycles. The van der Waals surface area contributed by atoms with Gasteiger partial charge in [-0.15, -0.1) is 0 Å². The number of ether oxygens (including phenoxy) is 2. The molecular weight excluding hydrogens is 566 g/mol.